The van der Waals surface area contributed by atoms with E-state index in [0.717, 1.165) is 0 Å². The second-order valence-electron chi connectivity index (χ2n) is 2.21. The smallest absolute Gasteiger partial charge is 0.329 e. The van der Waals surface area contributed by atoms with E-state index < -0.39 is 24.4 Å². The zero-order chi connectivity index (χ0) is 8.85. The number of amides is 1. The number of nitrogens with two attached hydrogens (primary N) is 1. The molecule has 0 spiro atoms. The van der Waals surface area contributed by atoms with Crippen LogP contribution in [0.3, 0.4) is 0 Å². The van der Waals surface area contributed by atoms with Crippen LogP contribution >= 0.6 is 0 Å². The fourth-order valence-corrected chi connectivity index (χ4v) is 0.405. The highest BCUT2D eigenvalue weighted by Crippen LogP contribution is 1.92. The normalized spacial score (nSPS) is 12.5. The Morgan fingerprint density at radius 3 is 2.55 bits per heavy atom. The van der Waals surface area contributed by atoms with Gasteiger partial charge in [-0.05, 0) is 0 Å². The van der Waals surface area contributed by atoms with Crippen molar-refractivity contribution in [2.24, 2.45) is 11.7 Å². The number of ether oxygens (including phenoxy) is 1. The van der Waals surface area contributed by atoms with Crippen molar-refractivity contribution < 1.29 is 19.4 Å². The Balaban J connectivity index is 3.39. The number of hydrogen-bond acceptors (Lipinski definition) is 3. The molecule has 0 aromatic carbocycles. The topological polar surface area (TPSA) is 89.6 Å². The lowest BCUT2D eigenvalue weighted by Crippen LogP contribution is -2.25. The van der Waals surface area contributed by atoms with Gasteiger partial charge in [0.15, 0.2) is 0 Å². The van der Waals surface area contributed by atoms with Gasteiger partial charge in [-0.25, -0.2) is 4.79 Å². The van der Waals surface area contributed by atoms with Crippen molar-refractivity contribution in [2.75, 3.05) is 13.2 Å². The van der Waals surface area contributed by atoms with Crippen LogP contribution in [0.15, 0.2) is 0 Å². The van der Waals surface area contributed by atoms with Crippen molar-refractivity contribution in [3.63, 3.8) is 0 Å². The summed E-state index contributed by atoms with van der Waals surface area (Å²) < 4.78 is 4.62. The van der Waals surface area contributed by atoms with Gasteiger partial charge < -0.3 is 15.6 Å². The van der Waals surface area contributed by atoms with E-state index in [4.69, 9.17) is 10.8 Å². The van der Waals surface area contributed by atoms with Crippen molar-refractivity contribution in [1.82, 2.24) is 0 Å². The standard InChI is InChI=1S/C6H11NO4/c1-4(6(7)10)2-11-3-5(8)9/h4H,2-3H2,1H3,(H2,7,10)(H,8,9). The molecule has 0 bridgehead atoms. The predicted molar refractivity (Wildman–Crippen MR) is 36.8 cm³/mol. The maximum atomic E-state index is 10.4. The molecule has 0 saturated heterocycles. The van der Waals surface area contributed by atoms with Crippen molar-refractivity contribution >= 4 is 11.9 Å². The molecule has 3 N–H and O–H groups in total. The van der Waals surface area contributed by atoms with Gasteiger partial charge in [0.1, 0.15) is 6.61 Å². The zero-order valence-electron chi connectivity index (χ0n) is 6.24. The summed E-state index contributed by atoms with van der Waals surface area (Å²) in [5.74, 6) is -1.98. The minimum atomic E-state index is -1.05. The van der Waals surface area contributed by atoms with Crippen LogP contribution in [-0.4, -0.2) is 30.2 Å². The number of aliphatic carboxylic acids is 1. The lowest BCUT2D eigenvalue weighted by molar-refractivity contribution is -0.143. The van der Waals surface area contributed by atoms with Crippen molar-refractivity contribution in [3.8, 4) is 0 Å². The molecule has 0 aliphatic carbocycles. The van der Waals surface area contributed by atoms with Gasteiger partial charge in [0, 0.05) is 0 Å². The van der Waals surface area contributed by atoms with Crippen LogP contribution in [0.2, 0.25) is 0 Å². The molecule has 1 unspecified atom stereocenters. The van der Waals surface area contributed by atoms with Gasteiger partial charge in [0.2, 0.25) is 5.91 Å². The molecule has 0 rings (SSSR count). The lowest BCUT2D eigenvalue weighted by Gasteiger charge is -2.05. The highest BCUT2D eigenvalue weighted by atomic mass is 16.5. The number of carbonyl (C=O) groups excluding carboxylic acids is 1. The Morgan fingerprint density at radius 1 is 1.64 bits per heavy atom. The van der Waals surface area contributed by atoms with E-state index in [-0.39, 0.29) is 6.61 Å². The first-order valence-corrected chi connectivity index (χ1v) is 3.13. The maximum absolute atomic E-state index is 10.4. The van der Waals surface area contributed by atoms with Gasteiger partial charge in [0.25, 0.3) is 0 Å². The number of carboxylic acids is 1. The second kappa shape index (κ2) is 4.68. The summed E-state index contributed by atoms with van der Waals surface area (Å²) in [6, 6.07) is 0. The summed E-state index contributed by atoms with van der Waals surface area (Å²) in [4.78, 5) is 20.3. The Kier molecular flexibility index (Phi) is 4.21. The van der Waals surface area contributed by atoms with Crippen LogP contribution in [0.5, 0.6) is 0 Å². The molecule has 0 aromatic rings. The van der Waals surface area contributed by atoms with Crippen LogP contribution in [0.1, 0.15) is 6.92 Å². The Morgan fingerprint density at radius 2 is 2.18 bits per heavy atom. The summed E-state index contributed by atoms with van der Waals surface area (Å²) in [6.07, 6.45) is 0. The predicted octanol–water partition coefficient (Wildman–Crippen LogP) is -0.791. The quantitative estimate of drug-likeness (QED) is 0.552. The van der Waals surface area contributed by atoms with Gasteiger partial charge in [-0.3, -0.25) is 4.79 Å². The molecule has 64 valence electrons. The molecule has 0 aliphatic rings. The zero-order valence-corrected chi connectivity index (χ0v) is 6.24. The summed E-state index contributed by atoms with van der Waals surface area (Å²) in [6.45, 7) is 1.24. The van der Waals surface area contributed by atoms with Gasteiger partial charge >= 0.3 is 5.97 Å². The molecule has 0 aromatic heterocycles. The maximum Gasteiger partial charge on any atom is 0.329 e. The molecule has 1 amide bonds. The summed E-state index contributed by atoms with van der Waals surface area (Å²) in [7, 11) is 0. The van der Waals surface area contributed by atoms with Crippen LogP contribution in [0.4, 0.5) is 0 Å². The molecule has 5 heteroatoms. The van der Waals surface area contributed by atoms with Crippen molar-refractivity contribution in [3.05, 3.63) is 0 Å². The third kappa shape index (κ3) is 5.35. The number of carbonyl (C=O) groups is 2. The Bertz CT molecular complexity index is 157. The number of carboxylic acid groups (broad SMARTS) is 1. The molecular formula is C6H11NO4. The van der Waals surface area contributed by atoms with Crippen molar-refractivity contribution in [2.45, 2.75) is 6.92 Å². The van der Waals surface area contributed by atoms with E-state index in [2.05, 4.69) is 4.74 Å². The summed E-state index contributed by atoms with van der Waals surface area (Å²) in [5, 5.41) is 8.12. The number of hydrogen-bond donors (Lipinski definition) is 2. The van der Waals surface area contributed by atoms with E-state index in [1.165, 1.54) is 0 Å². The van der Waals surface area contributed by atoms with Crippen LogP contribution in [0, 0.1) is 5.92 Å². The molecule has 5 nitrogen and oxygen atoms in total. The van der Waals surface area contributed by atoms with Crippen LogP contribution in [0.25, 0.3) is 0 Å². The minimum absolute atomic E-state index is 0.0572. The van der Waals surface area contributed by atoms with Gasteiger partial charge in [0.05, 0.1) is 12.5 Å². The van der Waals surface area contributed by atoms with Crippen LogP contribution in [-0.2, 0) is 14.3 Å². The lowest BCUT2D eigenvalue weighted by atomic mass is 10.2. The van der Waals surface area contributed by atoms with Crippen molar-refractivity contribution in [1.29, 1.82) is 0 Å². The average Bonchev–Trinajstić information content (AvgIpc) is 1.86. The first kappa shape index (κ1) is 9.90. The second-order valence-corrected chi connectivity index (χ2v) is 2.21. The Hall–Kier alpha value is -1.10. The van der Waals surface area contributed by atoms with E-state index >= 15 is 0 Å². The molecule has 11 heavy (non-hydrogen) atoms. The van der Waals surface area contributed by atoms with Gasteiger partial charge in [-0.15, -0.1) is 0 Å². The van der Waals surface area contributed by atoms with E-state index in [1.807, 2.05) is 0 Å². The first-order valence-electron chi connectivity index (χ1n) is 3.13. The molecule has 0 radical (unpaired) electrons. The van der Waals surface area contributed by atoms with E-state index in [0.29, 0.717) is 0 Å². The highest BCUT2D eigenvalue weighted by molar-refractivity contribution is 5.76. The van der Waals surface area contributed by atoms with Gasteiger partial charge in [-0.2, -0.15) is 0 Å². The fourth-order valence-electron chi connectivity index (χ4n) is 0.405. The minimum Gasteiger partial charge on any atom is -0.480 e. The summed E-state index contributed by atoms with van der Waals surface area (Å²) >= 11 is 0. The third-order valence-electron chi connectivity index (χ3n) is 1.08. The largest absolute Gasteiger partial charge is 0.480 e. The van der Waals surface area contributed by atoms with E-state index in [9.17, 15) is 9.59 Å². The average molecular weight is 161 g/mol. The fraction of sp³-hybridized carbons (Fsp3) is 0.667. The first-order chi connectivity index (χ1) is 5.04. The number of primary amides is 1. The third-order valence-corrected chi connectivity index (χ3v) is 1.08. The molecule has 0 heterocycles. The molecule has 0 saturated carbocycles. The number of rotatable bonds is 5. The van der Waals surface area contributed by atoms with Crippen LogP contribution < -0.4 is 5.73 Å². The van der Waals surface area contributed by atoms with Gasteiger partial charge in [-0.1, -0.05) is 6.92 Å². The SMILES string of the molecule is CC(COCC(=O)O)C(N)=O. The Labute approximate surface area is 64.1 Å². The summed E-state index contributed by atoms with van der Waals surface area (Å²) in [5.41, 5.74) is 4.89. The van der Waals surface area contributed by atoms with E-state index in [1.54, 1.807) is 6.92 Å². The molecule has 1 atom stereocenters. The monoisotopic (exact) mass is 161 g/mol. The molecule has 0 aliphatic heterocycles. The molecule has 0 fully saturated rings. The molecular weight excluding hydrogens is 150 g/mol. The highest BCUT2D eigenvalue weighted by Gasteiger charge is 2.08.